The Hall–Kier alpha value is -1.69. The summed E-state index contributed by atoms with van der Waals surface area (Å²) in [6.07, 6.45) is 1.29. The van der Waals surface area contributed by atoms with Crippen molar-refractivity contribution in [2.24, 2.45) is 0 Å². The zero-order valence-corrected chi connectivity index (χ0v) is 9.64. The van der Waals surface area contributed by atoms with Gasteiger partial charge in [0, 0.05) is 0 Å². The van der Waals surface area contributed by atoms with Gasteiger partial charge < -0.3 is 14.6 Å². The number of hydrogen-bond acceptors (Lipinski definition) is 6. The van der Waals surface area contributed by atoms with E-state index < -0.39 is 11.4 Å². The average Bonchev–Trinajstić information content (AvgIpc) is 2.26. The van der Waals surface area contributed by atoms with Crippen molar-refractivity contribution in [1.29, 1.82) is 0 Å². The number of aliphatic hydroxyl groups is 1. The third-order valence-corrected chi connectivity index (χ3v) is 1.89. The van der Waals surface area contributed by atoms with Gasteiger partial charge in [0.15, 0.2) is 5.69 Å². The highest BCUT2D eigenvalue weighted by molar-refractivity contribution is 6.01. The summed E-state index contributed by atoms with van der Waals surface area (Å²) in [6.45, 7) is 2.75. The van der Waals surface area contributed by atoms with Gasteiger partial charge >= 0.3 is 0 Å². The minimum atomic E-state index is -1.52. The van der Waals surface area contributed by atoms with E-state index in [0.717, 1.165) is 0 Å². The molecule has 0 fully saturated rings. The Balaban J connectivity index is 3.19. The summed E-state index contributed by atoms with van der Waals surface area (Å²) in [5.41, 5.74) is -1.54. The van der Waals surface area contributed by atoms with E-state index in [-0.39, 0.29) is 17.5 Å². The molecule has 6 nitrogen and oxygen atoms in total. The fourth-order valence-corrected chi connectivity index (χ4v) is 1.04. The molecule has 1 heterocycles. The fourth-order valence-electron chi connectivity index (χ4n) is 1.04. The van der Waals surface area contributed by atoms with Crippen LogP contribution in [-0.2, 0) is 0 Å². The lowest BCUT2D eigenvalue weighted by molar-refractivity contribution is 0.0478. The first-order valence-electron chi connectivity index (χ1n) is 4.62. The molecule has 0 atom stereocenters. The summed E-state index contributed by atoms with van der Waals surface area (Å²) in [6, 6.07) is 0. The van der Waals surface area contributed by atoms with Crippen molar-refractivity contribution in [2.45, 2.75) is 19.4 Å². The Morgan fingerprint density at radius 3 is 2.44 bits per heavy atom. The highest BCUT2D eigenvalue weighted by Gasteiger charge is 2.30. The zero-order chi connectivity index (χ0) is 12.3. The number of ether oxygens (including phenoxy) is 2. The molecular weight excluding hydrogens is 212 g/mol. The van der Waals surface area contributed by atoms with Gasteiger partial charge in [0.2, 0.25) is 17.5 Å². The molecule has 0 unspecified atom stereocenters. The number of aromatic nitrogens is 2. The predicted molar refractivity (Wildman–Crippen MR) is 55.8 cm³/mol. The lowest BCUT2D eigenvalue weighted by Gasteiger charge is -2.16. The number of Topliss-reactive ketones (excluding diaryl/α,β-unsaturated/α-hetero) is 1. The summed E-state index contributed by atoms with van der Waals surface area (Å²) in [5, 5.41) is 9.58. The molecule has 0 saturated heterocycles. The highest BCUT2D eigenvalue weighted by atomic mass is 16.5. The van der Waals surface area contributed by atoms with Crippen LogP contribution in [0.4, 0.5) is 0 Å². The molecule has 0 radical (unpaired) electrons. The van der Waals surface area contributed by atoms with Gasteiger partial charge in [-0.1, -0.05) is 0 Å². The molecule has 1 N–H and O–H groups in total. The molecular formula is C10H14N2O4. The number of ketones is 1. The molecule has 0 aromatic carbocycles. The minimum Gasteiger partial charge on any atom is -0.480 e. The van der Waals surface area contributed by atoms with Gasteiger partial charge in [-0.05, 0) is 13.8 Å². The van der Waals surface area contributed by atoms with Gasteiger partial charge in [-0.2, -0.15) is 4.98 Å². The maximum atomic E-state index is 11.8. The monoisotopic (exact) mass is 226 g/mol. The van der Waals surface area contributed by atoms with Crippen LogP contribution in [-0.4, -0.2) is 40.7 Å². The van der Waals surface area contributed by atoms with E-state index in [1.807, 2.05) is 0 Å². The first-order valence-corrected chi connectivity index (χ1v) is 4.62. The number of nitrogens with zero attached hydrogens (tertiary/aromatic N) is 2. The Morgan fingerprint density at radius 2 is 2.00 bits per heavy atom. The van der Waals surface area contributed by atoms with E-state index >= 15 is 0 Å². The van der Waals surface area contributed by atoms with Crippen LogP contribution in [0.3, 0.4) is 0 Å². The maximum Gasteiger partial charge on any atom is 0.246 e. The lowest BCUT2D eigenvalue weighted by atomic mass is 10.0. The molecule has 6 heteroatoms. The van der Waals surface area contributed by atoms with Gasteiger partial charge in [0.1, 0.15) is 5.60 Å². The van der Waals surface area contributed by atoms with Crippen molar-refractivity contribution >= 4 is 5.78 Å². The minimum absolute atomic E-state index is 0.0178. The third kappa shape index (κ3) is 2.46. The molecule has 1 rings (SSSR count). The van der Waals surface area contributed by atoms with Crippen LogP contribution in [0.25, 0.3) is 0 Å². The Labute approximate surface area is 93.2 Å². The van der Waals surface area contributed by atoms with Crippen molar-refractivity contribution in [2.75, 3.05) is 14.2 Å². The number of rotatable bonds is 4. The average molecular weight is 226 g/mol. The van der Waals surface area contributed by atoms with E-state index in [2.05, 4.69) is 9.97 Å². The standard InChI is InChI=1S/C10H14N2O4/c1-10(2,14)8(13)7-9(16-4)12-6(15-3)5-11-7/h5,14H,1-4H3. The van der Waals surface area contributed by atoms with Gasteiger partial charge in [-0.15, -0.1) is 0 Å². The first kappa shape index (κ1) is 12.4. The second-order valence-corrected chi connectivity index (χ2v) is 3.66. The number of hydrogen-bond donors (Lipinski definition) is 1. The van der Waals surface area contributed by atoms with Crippen LogP contribution in [0, 0.1) is 0 Å². The number of carbonyl (C=O) groups excluding carboxylic acids is 1. The summed E-state index contributed by atoms with van der Waals surface area (Å²) >= 11 is 0. The molecule has 1 aromatic heterocycles. The molecule has 0 bridgehead atoms. The SMILES string of the molecule is COc1cnc(C(=O)C(C)(C)O)c(OC)n1. The van der Waals surface area contributed by atoms with Crippen molar-refractivity contribution in [3.63, 3.8) is 0 Å². The highest BCUT2D eigenvalue weighted by Crippen LogP contribution is 2.21. The normalized spacial score (nSPS) is 11.1. The summed E-state index contributed by atoms with van der Waals surface area (Å²) in [5.74, 6) is -0.282. The van der Waals surface area contributed by atoms with Crippen LogP contribution in [0.2, 0.25) is 0 Å². The molecule has 0 amide bonds. The molecule has 0 saturated carbocycles. The Morgan fingerprint density at radius 1 is 1.38 bits per heavy atom. The second kappa shape index (κ2) is 4.44. The third-order valence-electron chi connectivity index (χ3n) is 1.89. The van der Waals surface area contributed by atoms with E-state index in [9.17, 15) is 9.90 Å². The summed E-state index contributed by atoms with van der Waals surface area (Å²) in [7, 11) is 2.80. The fraction of sp³-hybridized carbons (Fsp3) is 0.500. The van der Waals surface area contributed by atoms with Crippen molar-refractivity contribution in [3.8, 4) is 11.8 Å². The van der Waals surface area contributed by atoms with E-state index in [0.29, 0.717) is 0 Å². The van der Waals surface area contributed by atoms with E-state index in [1.54, 1.807) is 0 Å². The van der Waals surface area contributed by atoms with Crippen molar-refractivity contribution in [3.05, 3.63) is 11.9 Å². The maximum absolute atomic E-state index is 11.8. The smallest absolute Gasteiger partial charge is 0.246 e. The lowest BCUT2D eigenvalue weighted by Crippen LogP contribution is -2.32. The zero-order valence-electron chi connectivity index (χ0n) is 9.64. The van der Waals surface area contributed by atoms with Crippen molar-refractivity contribution in [1.82, 2.24) is 9.97 Å². The van der Waals surface area contributed by atoms with Crippen molar-refractivity contribution < 1.29 is 19.4 Å². The van der Waals surface area contributed by atoms with E-state index in [4.69, 9.17) is 9.47 Å². The topological polar surface area (TPSA) is 81.5 Å². The quantitative estimate of drug-likeness (QED) is 0.750. The number of methoxy groups -OCH3 is 2. The van der Waals surface area contributed by atoms with Crippen LogP contribution < -0.4 is 9.47 Å². The second-order valence-electron chi connectivity index (χ2n) is 3.66. The van der Waals surface area contributed by atoms with E-state index in [1.165, 1.54) is 34.3 Å². The summed E-state index contributed by atoms with van der Waals surface area (Å²) in [4.78, 5) is 19.5. The van der Waals surface area contributed by atoms with Crippen LogP contribution in [0.5, 0.6) is 11.8 Å². The first-order chi connectivity index (χ1) is 7.40. The molecule has 0 spiro atoms. The van der Waals surface area contributed by atoms with Crippen LogP contribution >= 0.6 is 0 Å². The molecule has 88 valence electrons. The molecule has 0 aliphatic heterocycles. The molecule has 16 heavy (non-hydrogen) atoms. The largest absolute Gasteiger partial charge is 0.480 e. The summed E-state index contributed by atoms with van der Waals surface area (Å²) < 4.78 is 9.77. The van der Waals surface area contributed by atoms with Gasteiger partial charge in [0.05, 0.1) is 20.4 Å². The molecule has 0 aliphatic rings. The van der Waals surface area contributed by atoms with Crippen LogP contribution in [0.15, 0.2) is 6.20 Å². The van der Waals surface area contributed by atoms with Crippen LogP contribution in [0.1, 0.15) is 24.3 Å². The predicted octanol–water partition coefficient (Wildman–Crippen LogP) is 0.447. The van der Waals surface area contributed by atoms with Gasteiger partial charge in [-0.25, -0.2) is 4.98 Å². The number of carbonyl (C=O) groups is 1. The molecule has 0 aliphatic carbocycles. The Bertz CT molecular complexity index is 398. The molecule has 1 aromatic rings. The van der Waals surface area contributed by atoms with Gasteiger partial charge in [0.25, 0.3) is 0 Å². The Kier molecular flexibility index (Phi) is 3.44. The van der Waals surface area contributed by atoms with Gasteiger partial charge in [-0.3, -0.25) is 4.79 Å².